The van der Waals surface area contributed by atoms with E-state index in [4.69, 9.17) is 4.74 Å². The molecular weight excluding hydrogens is 440 g/mol. The van der Waals surface area contributed by atoms with Crippen LogP contribution in [0, 0.1) is 25.2 Å². The number of aryl methyl sites for hydroxylation is 2. The van der Waals surface area contributed by atoms with Crippen molar-refractivity contribution in [2.45, 2.75) is 72.1 Å². The molecule has 0 saturated carbocycles. The number of unbranched alkanes of at least 4 members (excludes halogenated alkanes) is 1. The minimum atomic E-state index is -1.08. The van der Waals surface area contributed by atoms with Crippen molar-refractivity contribution in [2.24, 2.45) is 0 Å². The Balaban J connectivity index is 3.37. The van der Waals surface area contributed by atoms with Crippen molar-refractivity contribution in [3.05, 3.63) is 34.9 Å². The molecule has 0 saturated heterocycles. The molecule has 182 valence electrons. The van der Waals surface area contributed by atoms with E-state index in [1.54, 1.807) is 20.8 Å². The van der Waals surface area contributed by atoms with Crippen molar-refractivity contribution >= 4 is 30.5 Å². The summed E-state index contributed by atoms with van der Waals surface area (Å²) in [7, 11) is 0. The minimum Gasteiger partial charge on any atom is -0.444 e. The third-order valence-electron chi connectivity index (χ3n) is 4.81. The number of hydrogen-bond donors (Lipinski definition) is 3. The lowest BCUT2D eigenvalue weighted by Crippen LogP contribution is -2.54. The maximum absolute atomic E-state index is 13.5. The Labute approximate surface area is 202 Å². The molecule has 1 aromatic carbocycles. The lowest BCUT2D eigenvalue weighted by Gasteiger charge is -2.33. The zero-order chi connectivity index (χ0) is 25.2. The van der Waals surface area contributed by atoms with Crippen molar-refractivity contribution < 1.29 is 19.1 Å². The first kappa shape index (κ1) is 28.3. The molecular formula is C24H36N4O4S. The van der Waals surface area contributed by atoms with E-state index in [-0.39, 0.29) is 18.2 Å². The zero-order valence-corrected chi connectivity index (χ0v) is 21.3. The highest BCUT2D eigenvalue weighted by atomic mass is 32.1. The second-order valence-electron chi connectivity index (χ2n) is 8.91. The molecule has 0 heterocycles. The fourth-order valence-electron chi connectivity index (χ4n) is 3.20. The summed E-state index contributed by atoms with van der Waals surface area (Å²) in [5.74, 6) is -0.998. The molecule has 33 heavy (non-hydrogen) atoms. The predicted octanol–water partition coefficient (Wildman–Crippen LogP) is 3.44. The lowest BCUT2D eigenvalue weighted by atomic mass is 9.96. The Kier molecular flexibility index (Phi) is 11.2. The number of rotatable bonds is 10. The Morgan fingerprint density at radius 1 is 1.24 bits per heavy atom. The van der Waals surface area contributed by atoms with Crippen molar-refractivity contribution in [2.75, 3.05) is 18.8 Å². The first-order chi connectivity index (χ1) is 15.4. The maximum Gasteiger partial charge on any atom is 0.408 e. The molecule has 2 N–H and O–H groups in total. The van der Waals surface area contributed by atoms with Crippen LogP contribution in [-0.4, -0.2) is 53.3 Å². The lowest BCUT2D eigenvalue weighted by molar-refractivity contribution is -0.141. The number of nitrogens with one attached hydrogen (secondary N) is 2. The van der Waals surface area contributed by atoms with Gasteiger partial charge in [0.1, 0.15) is 24.2 Å². The summed E-state index contributed by atoms with van der Waals surface area (Å²) < 4.78 is 5.25. The topological polar surface area (TPSA) is 112 Å². The van der Waals surface area contributed by atoms with Crippen LogP contribution >= 0.6 is 12.6 Å². The number of carbonyl (C=O) groups excluding carboxylic acids is 3. The Morgan fingerprint density at radius 3 is 2.45 bits per heavy atom. The predicted molar refractivity (Wildman–Crippen MR) is 131 cm³/mol. The van der Waals surface area contributed by atoms with Crippen LogP contribution in [0.4, 0.5) is 4.79 Å². The Hall–Kier alpha value is -2.73. The molecule has 1 aromatic rings. The van der Waals surface area contributed by atoms with Gasteiger partial charge in [-0.25, -0.2) is 4.79 Å². The van der Waals surface area contributed by atoms with Gasteiger partial charge in [0, 0.05) is 12.3 Å². The smallest absolute Gasteiger partial charge is 0.408 e. The van der Waals surface area contributed by atoms with E-state index in [9.17, 15) is 19.6 Å². The molecule has 0 bridgehead atoms. The van der Waals surface area contributed by atoms with Crippen molar-refractivity contribution in [3.63, 3.8) is 0 Å². The van der Waals surface area contributed by atoms with E-state index in [0.29, 0.717) is 12.1 Å². The van der Waals surface area contributed by atoms with Gasteiger partial charge in [-0.3, -0.25) is 9.59 Å². The van der Waals surface area contributed by atoms with E-state index in [1.165, 1.54) is 4.90 Å². The Bertz CT molecular complexity index is 876. The summed E-state index contributed by atoms with van der Waals surface area (Å²) in [6.07, 6.45) is 0.913. The van der Waals surface area contributed by atoms with Gasteiger partial charge < -0.3 is 20.3 Å². The molecule has 0 radical (unpaired) electrons. The van der Waals surface area contributed by atoms with E-state index < -0.39 is 29.7 Å². The van der Waals surface area contributed by atoms with Crippen LogP contribution in [0.3, 0.4) is 0 Å². The molecule has 0 fully saturated rings. The van der Waals surface area contributed by atoms with Crippen molar-refractivity contribution in [3.8, 4) is 6.07 Å². The monoisotopic (exact) mass is 476 g/mol. The average molecular weight is 477 g/mol. The van der Waals surface area contributed by atoms with Crippen LogP contribution in [0.2, 0.25) is 0 Å². The number of thiol groups is 1. The number of nitriles is 1. The van der Waals surface area contributed by atoms with Gasteiger partial charge in [-0.1, -0.05) is 37.1 Å². The number of ether oxygens (including phenoxy) is 1. The van der Waals surface area contributed by atoms with Gasteiger partial charge in [-0.15, -0.1) is 0 Å². The fraction of sp³-hybridized carbons (Fsp3) is 0.583. The molecule has 2 unspecified atom stereocenters. The summed E-state index contributed by atoms with van der Waals surface area (Å²) in [6.45, 7) is 11.0. The third kappa shape index (κ3) is 8.97. The molecule has 3 amide bonds. The van der Waals surface area contributed by atoms with E-state index in [2.05, 4.69) is 23.3 Å². The molecule has 1 rings (SSSR count). The van der Waals surface area contributed by atoms with E-state index in [0.717, 1.165) is 24.0 Å². The molecule has 0 aromatic heterocycles. The van der Waals surface area contributed by atoms with Gasteiger partial charge in [-0.2, -0.15) is 17.9 Å². The molecule has 0 aliphatic heterocycles. The van der Waals surface area contributed by atoms with Gasteiger partial charge in [0.05, 0.1) is 6.07 Å². The second-order valence-corrected chi connectivity index (χ2v) is 9.28. The molecule has 0 aliphatic rings. The first-order valence-corrected chi connectivity index (χ1v) is 11.7. The number of hydrogen-bond acceptors (Lipinski definition) is 6. The van der Waals surface area contributed by atoms with E-state index >= 15 is 0 Å². The number of amides is 3. The normalized spacial score (nSPS) is 12.8. The molecule has 9 heteroatoms. The number of benzene rings is 1. The number of nitrogens with zero attached hydrogens (tertiary/aromatic N) is 2. The molecule has 2 atom stereocenters. The minimum absolute atomic E-state index is 0.0308. The summed E-state index contributed by atoms with van der Waals surface area (Å²) in [6, 6.07) is 5.51. The SMILES string of the molecule is CCCCNC(=O)C(c1cc(C)ccc1C)N(CC#N)C(=O)C(CS)NC(=O)OC(C)(C)C. The van der Waals surface area contributed by atoms with Crippen LogP contribution in [-0.2, 0) is 14.3 Å². The summed E-state index contributed by atoms with van der Waals surface area (Å²) in [5.41, 5.74) is 1.61. The summed E-state index contributed by atoms with van der Waals surface area (Å²) in [4.78, 5) is 40.2. The largest absolute Gasteiger partial charge is 0.444 e. The third-order valence-corrected chi connectivity index (χ3v) is 5.18. The number of alkyl carbamates (subject to hydrolysis) is 1. The highest BCUT2D eigenvalue weighted by molar-refractivity contribution is 7.80. The Morgan fingerprint density at radius 2 is 1.91 bits per heavy atom. The van der Waals surface area contributed by atoms with Gasteiger partial charge in [-0.05, 0) is 52.2 Å². The quantitative estimate of drug-likeness (QED) is 0.272. The molecule has 8 nitrogen and oxygen atoms in total. The first-order valence-electron chi connectivity index (χ1n) is 11.1. The maximum atomic E-state index is 13.5. The molecule has 0 aliphatic carbocycles. The van der Waals surface area contributed by atoms with Gasteiger partial charge in [0.2, 0.25) is 11.8 Å². The number of carbonyl (C=O) groups is 3. The van der Waals surface area contributed by atoms with Crippen LogP contribution in [0.1, 0.15) is 63.3 Å². The zero-order valence-electron chi connectivity index (χ0n) is 20.4. The van der Waals surface area contributed by atoms with Crippen molar-refractivity contribution in [1.29, 1.82) is 5.26 Å². The summed E-state index contributed by atoms with van der Waals surface area (Å²) >= 11 is 4.22. The van der Waals surface area contributed by atoms with Gasteiger partial charge >= 0.3 is 6.09 Å². The second kappa shape index (κ2) is 13.1. The van der Waals surface area contributed by atoms with Crippen LogP contribution in [0.5, 0.6) is 0 Å². The highest BCUT2D eigenvalue weighted by Crippen LogP contribution is 2.26. The van der Waals surface area contributed by atoms with E-state index in [1.807, 2.05) is 45.0 Å². The van der Waals surface area contributed by atoms with Crippen LogP contribution in [0.15, 0.2) is 18.2 Å². The average Bonchev–Trinajstić information content (AvgIpc) is 2.72. The van der Waals surface area contributed by atoms with Crippen molar-refractivity contribution in [1.82, 2.24) is 15.5 Å². The summed E-state index contributed by atoms with van der Waals surface area (Å²) in [5, 5.41) is 14.9. The molecule has 0 spiro atoms. The van der Waals surface area contributed by atoms with Gasteiger partial charge in [0.25, 0.3) is 0 Å². The fourth-order valence-corrected chi connectivity index (χ4v) is 3.45. The standard InChI is InChI=1S/C24H36N4O4S/c1-7-8-12-26-21(29)20(18-14-16(2)9-10-17(18)3)28(13-11-25)22(30)19(15-33)27-23(31)32-24(4,5)6/h9-10,14,19-20,33H,7-8,12-13,15H2,1-6H3,(H,26,29)(H,27,31). The van der Waals surface area contributed by atoms with Crippen LogP contribution in [0.25, 0.3) is 0 Å². The van der Waals surface area contributed by atoms with Gasteiger partial charge in [0.15, 0.2) is 0 Å². The highest BCUT2D eigenvalue weighted by Gasteiger charge is 2.36. The van der Waals surface area contributed by atoms with Crippen LogP contribution < -0.4 is 10.6 Å².